The highest BCUT2D eigenvalue weighted by molar-refractivity contribution is 6.31. The van der Waals surface area contributed by atoms with E-state index >= 15 is 0 Å². The van der Waals surface area contributed by atoms with Gasteiger partial charge < -0.3 is 15.2 Å². The van der Waals surface area contributed by atoms with E-state index in [1.165, 1.54) is 19.9 Å². The molecule has 1 saturated heterocycles. The molecule has 0 spiro atoms. The minimum absolute atomic E-state index is 0.199. The Morgan fingerprint density at radius 3 is 2.26 bits per heavy atom. The molecule has 0 aromatic heterocycles. The Kier molecular flexibility index (Phi) is 4.64. The maximum absolute atomic E-state index is 12.6. The fraction of sp³-hybridized carbons (Fsp3) is 0.353. The van der Waals surface area contributed by atoms with Gasteiger partial charge in [0.25, 0.3) is 5.79 Å². The number of esters is 2. The van der Waals surface area contributed by atoms with Crippen molar-refractivity contribution in [3.8, 4) is 0 Å². The van der Waals surface area contributed by atoms with Gasteiger partial charge in [0.1, 0.15) is 11.8 Å². The van der Waals surface area contributed by atoms with Crippen molar-refractivity contribution in [2.75, 3.05) is 0 Å². The van der Waals surface area contributed by atoms with Crippen LogP contribution in [0, 0.1) is 11.8 Å². The standard InChI is InChI=1S/C17H16ClN3O6/c1-17(2)26-14(23)11(15(24)27-17)9(7-5-3-4-6-8(7)18)10-12(19)20-16(25)21-13(10)22/h3-6,9-11H,1-2H3,(H3,19,20,21,22,25). The van der Waals surface area contributed by atoms with Crippen molar-refractivity contribution in [3.63, 3.8) is 0 Å². The van der Waals surface area contributed by atoms with Crippen LogP contribution in [-0.2, 0) is 23.9 Å². The van der Waals surface area contributed by atoms with Crippen molar-refractivity contribution in [2.24, 2.45) is 22.6 Å². The maximum Gasteiger partial charge on any atom is 0.349 e. The third-order valence-corrected chi connectivity index (χ3v) is 4.59. The summed E-state index contributed by atoms with van der Waals surface area (Å²) in [6.07, 6.45) is 0. The summed E-state index contributed by atoms with van der Waals surface area (Å²) in [5.41, 5.74) is 6.12. The lowest BCUT2D eigenvalue weighted by Gasteiger charge is -2.38. The van der Waals surface area contributed by atoms with E-state index in [9.17, 15) is 19.2 Å². The number of rotatable bonds is 3. The molecule has 2 aliphatic rings. The van der Waals surface area contributed by atoms with Gasteiger partial charge in [-0.15, -0.1) is 0 Å². The number of urea groups is 1. The minimum Gasteiger partial charge on any atom is -0.422 e. The molecule has 3 amide bonds. The Bertz CT molecular complexity index is 861. The lowest BCUT2D eigenvalue weighted by atomic mass is 9.74. The zero-order valence-corrected chi connectivity index (χ0v) is 15.1. The topological polar surface area (TPSA) is 137 Å². The first kappa shape index (κ1) is 18.8. The Labute approximate surface area is 158 Å². The van der Waals surface area contributed by atoms with Gasteiger partial charge in [0.15, 0.2) is 5.92 Å². The van der Waals surface area contributed by atoms with E-state index < -0.39 is 47.4 Å². The molecule has 10 heteroatoms. The second kappa shape index (κ2) is 6.66. The van der Waals surface area contributed by atoms with Crippen LogP contribution in [0.4, 0.5) is 4.79 Å². The zero-order valence-electron chi connectivity index (χ0n) is 14.4. The molecule has 3 N–H and O–H groups in total. The number of imide groups is 1. The number of carbonyl (C=O) groups is 4. The van der Waals surface area contributed by atoms with Crippen LogP contribution in [0.2, 0.25) is 5.02 Å². The zero-order chi connectivity index (χ0) is 19.9. The first-order chi connectivity index (χ1) is 12.6. The second-order valence-electron chi connectivity index (χ2n) is 6.58. The Balaban J connectivity index is 2.15. The summed E-state index contributed by atoms with van der Waals surface area (Å²) in [7, 11) is 0. The molecule has 2 heterocycles. The number of cyclic esters (lactones) is 2. The minimum atomic E-state index is -1.52. The number of nitrogens with two attached hydrogens (primary N) is 1. The van der Waals surface area contributed by atoms with Crippen LogP contribution in [0.1, 0.15) is 25.3 Å². The smallest absolute Gasteiger partial charge is 0.349 e. The Morgan fingerprint density at radius 2 is 1.70 bits per heavy atom. The van der Waals surface area contributed by atoms with Crippen molar-refractivity contribution in [1.82, 2.24) is 5.32 Å². The molecule has 1 aromatic rings. The molecule has 1 aromatic carbocycles. The van der Waals surface area contributed by atoms with Gasteiger partial charge in [-0.05, 0) is 11.6 Å². The van der Waals surface area contributed by atoms with E-state index in [0.717, 1.165) is 0 Å². The molecular formula is C17H16ClN3O6. The van der Waals surface area contributed by atoms with Gasteiger partial charge in [0.05, 0.1) is 0 Å². The van der Waals surface area contributed by atoms with Crippen LogP contribution in [0.3, 0.4) is 0 Å². The van der Waals surface area contributed by atoms with Crippen LogP contribution < -0.4 is 11.1 Å². The lowest BCUT2D eigenvalue weighted by Crippen LogP contribution is -2.55. The number of nitrogens with zero attached hydrogens (tertiary/aromatic N) is 1. The monoisotopic (exact) mass is 393 g/mol. The molecule has 0 radical (unpaired) electrons. The summed E-state index contributed by atoms with van der Waals surface area (Å²) in [6.45, 7) is 2.82. The number of hydrogen-bond donors (Lipinski definition) is 2. The molecule has 2 atom stereocenters. The van der Waals surface area contributed by atoms with Crippen LogP contribution >= 0.6 is 11.6 Å². The third-order valence-electron chi connectivity index (χ3n) is 4.25. The lowest BCUT2D eigenvalue weighted by molar-refractivity contribution is -0.241. The van der Waals surface area contributed by atoms with E-state index in [4.69, 9.17) is 26.8 Å². The van der Waals surface area contributed by atoms with Gasteiger partial charge in [0.2, 0.25) is 5.91 Å². The summed E-state index contributed by atoms with van der Waals surface area (Å²) in [5, 5.41) is 2.22. The molecule has 142 valence electrons. The number of ether oxygens (including phenoxy) is 2. The molecule has 0 aliphatic carbocycles. The van der Waals surface area contributed by atoms with Crippen molar-refractivity contribution in [3.05, 3.63) is 34.9 Å². The molecule has 1 fully saturated rings. The van der Waals surface area contributed by atoms with Crippen LogP contribution in [0.15, 0.2) is 29.3 Å². The van der Waals surface area contributed by atoms with Crippen molar-refractivity contribution in [2.45, 2.75) is 25.6 Å². The summed E-state index contributed by atoms with van der Waals surface area (Å²) >= 11 is 6.25. The highest BCUT2D eigenvalue weighted by atomic mass is 35.5. The van der Waals surface area contributed by atoms with Gasteiger partial charge >= 0.3 is 18.0 Å². The molecule has 0 saturated carbocycles. The van der Waals surface area contributed by atoms with E-state index in [1.807, 2.05) is 5.32 Å². The number of benzene rings is 1. The van der Waals surface area contributed by atoms with Gasteiger partial charge in [0, 0.05) is 24.8 Å². The van der Waals surface area contributed by atoms with E-state index in [-0.39, 0.29) is 10.9 Å². The molecule has 9 nitrogen and oxygen atoms in total. The quantitative estimate of drug-likeness (QED) is 0.579. The van der Waals surface area contributed by atoms with Crippen molar-refractivity contribution >= 4 is 41.3 Å². The molecule has 3 rings (SSSR count). The third kappa shape index (κ3) is 3.50. The maximum atomic E-state index is 12.6. The predicted molar refractivity (Wildman–Crippen MR) is 92.6 cm³/mol. The average molecular weight is 394 g/mol. The summed E-state index contributed by atoms with van der Waals surface area (Å²) in [4.78, 5) is 52.7. The van der Waals surface area contributed by atoms with Crippen molar-refractivity contribution in [1.29, 1.82) is 0 Å². The summed E-state index contributed by atoms with van der Waals surface area (Å²) in [6, 6.07) is 5.42. The van der Waals surface area contributed by atoms with E-state index in [1.54, 1.807) is 18.2 Å². The highest BCUT2D eigenvalue weighted by Crippen LogP contribution is 2.41. The van der Waals surface area contributed by atoms with Crippen LogP contribution in [0.5, 0.6) is 0 Å². The Hall–Kier alpha value is -2.94. The predicted octanol–water partition coefficient (Wildman–Crippen LogP) is 1.10. The van der Waals surface area contributed by atoms with E-state index in [2.05, 4.69) is 4.99 Å². The summed E-state index contributed by atoms with van der Waals surface area (Å²) < 4.78 is 10.4. The van der Waals surface area contributed by atoms with Gasteiger partial charge in [-0.2, -0.15) is 4.99 Å². The first-order valence-corrected chi connectivity index (χ1v) is 8.37. The normalized spacial score (nSPS) is 23.8. The number of nitrogens with one attached hydrogen (secondary N) is 1. The number of amides is 3. The number of hydrogen-bond acceptors (Lipinski definition) is 7. The van der Waals surface area contributed by atoms with Crippen molar-refractivity contribution < 1.29 is 28.7 Å². The van der Waals surface area contributed by atoms with Gasteiger partial charge in [-0.1, -0.05) is 29.8 Å². The van der Waals surface area contributed by atoms with Crippen LogP contribution in [0.25, 0.3) is 0 Å². The molecule has 2 unspecified atom stereocenters. The molecule has 0 bridgehead atoms. The van der Waals surface area contributed by atoms with Crippen LogP contribution in [-0.4, -0.2) is 35.5 Å². The SMILES string of the molecule is CC1(C)OC(=O)C(C(c2ccccc2Cl)C2C(=O)NC(=O)N=C2N)C(=O)O1. The van der Waals surface area contributed by atoms with E-state index in [0.29, 0.717) is 5.56 Å². The number of carbonyl (C=O) groups excluding carboxylic acids is 4. The fourth-order valence-corrected chi connectivity index (χ4v) is 3.46. The number of halogens is 1. The number of amidine groups is 1. The molecule has 27 heavy (non-hydrogen) atoms. The van der Waals surface area contributed by atoms with Gasteiger partial charge in [-0.3, -0.25) is 19.7 Å². The fourth-order valence-electron chi connectivity index (χ4n) is 3.20. The molecular weight excluding hydrogens is 378 g/mol. The Morgan fingerprint density at radius 1 is 1.11 bits per heavy atom. The number of aliphatic imine (C=N–C) groups is 1. The highest BCUT2D eigenvalue weighted by Gasteiger charge is 2.53. The van der Waals surface area contributed by atoms with Gasteiger partial charge in [-0.25, -0.2) is 4.79 Å². The average Bonchev–Trinajstić information content (AvgIpc) is 2.51. The second-order valence-corrected chi connectivity index (χ2v) is 6.98. The molecule has 2 aliphatic heterocycles. The first-order valence-electron chi connectivity index (χ1n) is 8.00. The summed E-state index contributed by atoms with van der Waals surface area (Å²) in [5.74, 6) is -8.35. The largest absolute Gasteiger partial charge is 0.422 e.